The maximum atomic E-state index is 6.78. The average Bonchev–Trinajstić information content (AvgIpc) is 2.73. The van der Waals surface area contributed by atoms with E-state index in [1.165, 1.54) is 6.42 Å². The molecule has 1 fully saturated rings. The van der Waals surface area contributed by atoms with Crippen LogP contribution in [0.2, 0.25) is 18.1 Å². The highest BCUT2D eigenvalue weighted by Gasteiger charge is 2.39. The molecular formula is C26H40O4Si. The first-order chi connectivity index (χ1) is 14.7. The Hall–Kier alpha value is -1.58. The molecule has 0 aromatic heterocycles. The summed E-state index contributed by atoms with van der Waals surface area (Å²) < 4.78 is 23.9. The summed E-state index contributed by atoms with van der Waals surface area (Å²) in [6, 6.07) is 6.09. The van der Waals surface area contributed by atoms with Crippen molar-refractivity contribution >= 4 is 8.32 Å². The summed E-state index contributed by atoms with van der Waals surface area (Å²) in [5.41, 5.74) is 2.15. The van der Waals surface area contributed by atoms with E-state index in [4.69, 9.17) is 18.6 Å². The Morgan fingerprint density at radius 1 is 1.29 bits per heavy atom. The molecule has 1 unspecified atom stereocenters. The molecule has 0 amide bonds. The largest absolute Gasteiger partial charge is 0.496 e. The van der Waals surface area contributed by atoms with Gasteiger partial charge in [0, 0.05) is 18.6 Å². The molecule has 1 aromatic carbocycles. The summed E-state index contributed by atoms with van der Waals surface area (Å²) >= 11 is 0. The van der Waals surface area contributed by atoms with Gasteiger partial charge in [0.25, 0.3) is 0 Å². The maximum absolute atomic E-state index is 6.78. The summed E-state index contributed by atoms with van der Waals surface area (Å²) in [7, 11) is -0.340. The standard InChI is InChI=1S/C26H40O4Si/c1-8-14-21-22(15-13-17-23(21)27-5)24(30-31(6,7)26(2,3)4)16-9-11-19-28-25-18-10-12-20-29-25/h8,13,15,17,24-25H,1,10-12,14,18-20H2,2-7H3/t24-,25?/m0/s1. The van der Waals surface area contributed by atoms with Crippen LogP contribution in [0.15, 0.2) is 30.9 Å². The Balaban J connectivity index is 2.23. The number of hydrogen-bond acceptors (Lipinski definition) is 4. The number of rotatable bonds is 9. The van der Waals surface area contributed by atoms with Crippen LogP contribution < -0.4 is 4.74 Å². The van der Waals surface area contributed by atoms with E-state index in [0.29, 0.717) is 19.4 Å². The SMILES string of the molecule is C=CCc1c(OC)cccc1[C@H](C#CCCOC1CCCCO1)O[Si](C)(C)C(C)(C)C. The van der Waals surface area contributed by atoms with E-state index in [1.807, 2.05) is 18.2 Å². The van der Waals surface area contributed by atoms with E-state index in [1.54, 1.807) is 7.11 Å². The molecule has 0 bridgehead atoms. The number of hydrogen-bond donors (Lipinski definition) is 0. The van der Waals surface area contributed by atoms with Crippen molar-refractivity contribution in [3.63, 3.8) is 0 Å². The van der Waals surface area contributed by atoms with Gasteiger partial charge in [0.1, 0.15) is 11.9 Å². The lowest BCUT2D eigenvalue weighted by Crippen LogP contribution is -2.41. The Labute approximate surface area is 190 Å². The summed E-state index contributed by atoms with van der Waals surface area (Å²) in [5, 5.41) is 0.0891. The molecule has 5 heteroatoms. The molecule has 4 nitrogen and oxygen atoms in total. The molecule has 0 N–H and O–H groups in total. The summed E-state index contributed by atoms with van der Waals surface area (Å²) in [6.45, 7) is 16.6. The first kappa shape index (κ1) is 25.7. The van der Waals surface area contributed by atoms with Gasteiger partial charge < -0.3 is 18.6 Å². The van der Waals surface area contributed by atoms with Crippen molar-refractivity contribution in [3.8, 4) is 17.6 Å². The number of ether oxygens (including phenoxy) is 3. The lowest BCUT2D eigenvalue weighted by Gasteiger charge is -2.38. The predicted molar refractivity (Wildman–Crippen MR) is 130 cm³/mol. The van der Waals surface area contributed by atoms with Crippen LogP contribution in [-0.4, -0.2) is 34.9 Å². The van der Waals surface area contributed by atoms with Gasteiger partial charge >= 0.3 is 0 Å². The number of methoxy groups -OCH3 is 1. The highest BCUT2D eigenvalue weighted by Crippen LogP contribution is 2.41. The summed E-state index contributed by atoms with van der Waals surface area (Å²) in [6.07, 6.45) is 6.14. The second kappa shape index (κ2) is 11.9. The van der Waals surface area contributed by atoms with Gasteiger partial charge in [-0.1, -0.05) is 50.8 Å². The Morgan fingerprint density at radius 2 is 2.06 bits per heavy atom. The molecule has 1 saturated heterocycles. The van der Waals surface area contributed by atoms with E-state index in [9.17, 15) is 0 Å². The van der Waals surface area contributed by atoms with Crippen molar-refractivity contribution < 1.29 is 18.6 Å². The quantitative estimate of drug-likeness (QED) is 0.190. The molecule has 0 radical (unpaired) electrons. The van der Waals surface area contributed by atoms with Crippen molar-refractivity contribution in [1.29, 1.82) is 0 Å². The maximum Gasteiger partial charge on any atom is 0.194 e. The zero-order valence-electron chi connectivity index (χ0n) is 20.3. The summed E-state index contributed by atoms with van der Waals surface area (Å²) in [4.78, 5) is 0. The fraction of sp³-hybridized carbons (Fsp3) is 0.615. The molecule has 1 aromatic rings. The molecule has 1 aliphatic heterocycles. The topological polar surface area (TPSA) is 36.9 Å². The van der Waals surface area contributed by atoms with Crippen LogP contribution in [-0.2, 0) is 20.3 Å². The van der Waals surface area contributed by atoms with E-state index >= 15 is 0 Å². The zero-order valence-corrected chi connectivity index (χ0v) is 21.3. The average molecular weight is 445 g/mol. The lowest BCUT2D eigenvalue weighted by atomic mass is 9.99. The minimum atomic E-state index is -2.04. The third-order valence-electron chi connectivity index (χ3n) is 6.14. The van der Waals surface area contributed by atoms with Crippen LogP contribution in [0, 0.1) is 11.8 Å². The van der Waals surface area contributed by atoms with E-state index in [-0.39, 0.29) is 17.4 Å². The minimum absolute atomic E-state index is 0.0765. The fourth-order valence-corrected chi connectivity index (χ4v) is 4.40. The first-order valence-corrected chi connectivity index (χ1v) is 14.3. The van der Waals surface area contributed by atoms with Crippen LogP contribution in [0.5, 0.6) is 5.75 Å². The molecule has 2 rings (SSSR count). The molecule has 1 aliphatic rings. The normalized spacial score (nSPS) is 18.1. The van der Waals surface area contributed by atoms with Gasteiger partial charge in [-0.2, -0.15) is 0 Å². The van der Waals surface area contributed by atoms with Crippen molar-refractivity contribution in [2.45, 2.75) is 83.4 Å². The third kappa shape index (κ3) is 7.50. The molecule has 0 aliphatic carbocycles. The minimum Gasteiger partial charge on any atom is -0.496 e. The smallest absolute Gasteiger partial charge is 0.194 e. The fourth-order valence-electron chi connectivity index (χ4n) is 3.27. The Morgan fingerprint density at radius 3 is 2.68 bits per heavy atom. The molecule has 31 heavy (non-hydrogen) atoms. The van der Waals surface area contributed by atoms with Gasteiger partial charge in [-0.15, -0.1) is 6.58 Å². The molecule has 1 heterocycles. The van der Waals surface area contributed by atoms with Gasteiger partial charge in [0.2, 0.25) is 0 Å². The second-order valence-corrected chi connectivity index (χ2v) is 14.3. The number of benzene rings is 1. The van der Waals surface area contributed by atoms with E-state index in [2.05, 4.69) is 58.4 Å². The molecular weight excluding hydrogens is 404 g/mol. The van der Waals surface area contributed by atoms with Gasteiger partial charge in [0.15, 0.2) is 14.6 Å². The highest BCUT2D eigenvalue weighted by molar-refractivity contribution is 6.74. The monoisotopic (exact) mass is 444 g/mol. The van der Waals surface area contributed by atoms with Crippen LogP contribution >= 0.6 is 0 Å². The Kier molecular flexibility index (Phi) is 9.83. The zero-order chi connectivity index (χ0) is 22.9. The number of allylic oxidation sites excluding steroid dienone is 1. The van der Waals surface area contributed by atoms with Gasteiger partial charge in [0.05, 0.1) is 13.7 Å². The predicted octanol–water partition coefficient (Wildman–Crippen LogP) is 6.42. The van der Waals surface area contributed by atoms with Crippen molar-refractivity contribution in [2.75, 3.05) is 20.3 Å². The van der Waals surface area contributed by atoms with E-state index in [0.717, 1.165) is 36.3 Å². The molecule has 0 spiro atoms. The first-order valence-electron chi connectivity index (χ1n) is 11.4. The highest BCUT2D eigenvalue weighted by atomic mass is 28.4. The van der Waals surface area contributed by atoms with Crippen molar-refractivity contribution in [1.82, 2.24) is 0 Å². The molecule has 2 atom stereocenters. The van der Waals surface area contributed by atoms with Gasteiger partial charge in [-0.05, 0) is 55.4 Å². The van der Waals surface area contributed by atoms with Crippen LogP contribution in [0.3, 0.4) is 0 Å². The van der Waals surface area contributed by atoms with Crippen LogP contribution in [0.1, 0.15) is 63.7 Å². The Bertz CT molecular complexity index is 764. The summed E-state index contributed by atoms with van der Waals surface area (Å²) in [5.74, 6) is 7.56. The van der Waals surface area contributed by atoms with Gasteiger partial charge in [-0.3, -0.25) is 0 Å². The van der Waals surface area contributed by atoms with Crippen LogP contribution in [0.4, 0.5) is 0 Å². The van der Waals surface area contributed by atoms with Crippen molar-refractivity contribution in [2.24, 2.45) is 0 Å². The van der Waals surface area contributed by atoms with Crippen molar-refractivity contribution in [3.05, 3.63) is 42.0 Å². The van der Waals surface area contributed by atoms with Gasteiger partial charge in [-0.25, -0.2) is 0 Å². The van der Waals surface area contributed by atoms with E-state index < -0.39 is 8.32 Å². The molecule has 172 valence electrons. The molecule has 0 saturated carbocycles. The third-order valence-corrected chi connectivity index (χ3v) is 10.6. The lowest BCUT2D eigenvalue weighted by molar-refractivity contribution is -0.161. The second-order valence-electron chi connectivity index (χ2n) is 9.52. The van der Waals surface area contributed by atoms with Crippen LogP contribution in [0.25, 0.3) is 0 Å².